The second-order valence-corrected chi connectivity index (χ2v) is 6.39. The van der Waals surface area contributed by atoms with Crippen molar-refractivity contribution in [3.63, 3.8) is 0 Å². The van der Waals surface area contributed by atoms with E-state index in [9.17, 15) is 0 Å². The summed E-state index contributed by atoms with van der Waals surface area (Å²) in [6.07, 6.45) is 1.75. The molecule has 0 spiro atoms. The molecule has 0 saturated carbocycles. The van der Waals surface area contributed by atoms with Crippen LogP contribution < -0.4 is 4.74 Å². The Kier molecular flexibility index (Phi) is 3.69. The maximum Gasteiger partial charge on any atom is 0.140 e. The largest absolute Gasteiger partial charge is 0.484 e. The fourth-order valence-electron chi connectivity index (χ4n) is 2.27. The molecule has 100 valence electrons. The molecule has 0 saturated heterocycles. The van der Waals surface area contributed by atoms with Gasteiger partial charge in [-0.15, -0.1) is 0 Å². The number of benzene rings is 1. The Bertz CT molecular complexity index is 597. The van der Waals surface area contributed by atoms with E-state index in [2.05, 4.69) is 43.8 Å². The van der Waals surface area contributed by atoms with E-state index < -0.39 is 0 Å². The zero-order valence-electron chi connectivity index (χ0n) is 10.4. The lowest BCUT2D eigenvalue weighted by molar-refractivity contribution is 0.120. The lowest BCUT2D eigenvalue weighted by Gasteiger charge is -2.29. The normalized spacial score (nSPS) is 19.2. The summed E-state index contributed by atoms with van der Waals surface area (Å²) >= 11 is 6.95. The summed E-state index contributed by atoms with van der Waals surface area (Å²) in [5, 5.41) is 0. The molecule has 5 heteroatoms. The molecule has 0 amide bonds. The zero-order chi connectivity index (χ0) is 13.4. The van der Waals surface area contributed by atoms with Crippen LogP contribution in [0, 0.1) is 0 Å². The van der Waals surface area contributed by atoms with Crippen molar-refractivity contribution in [3.8, 4) is 5.75 Å². The molecule has 3 nitrogen and oxygen atoms in total. The van der Waals surface area contributed by atoms with Gasteiger partial charge < -0.3 is 9.15 Å². The average molecular weight is 387 g/mol. The molecule has 1 aromatic heterocycles. The highest BCUT2D eigenvalue weighted by atomic mass is 79.9. The minimum absolute atomic E-state index is 0.0144. The van der Waals surface area contributed by atoms with E-state index in [1.807, 2.05) is 24.3 Å². The van der Waals surface area contributed by atoms with Crippen molar-refractivity contribution in [2.24, 2.45) is 0 Å². The van der Waals surface area contributed by atoms with E-state index in [0.29, 0.717) is 0 Å². The fourth-order valence-corrected chi connectivity index (χ4v) is 2.88. The molecule has 0 N–H and O–H groups in total. The van der Waals surface area contributed by atoms with Crippen molar-refractivity contribution in [1.82, 2.24) is 4.90 Å². The number of fused-ring (bicyclic) bond motifs is 1. The van der Waals surface area contributed by atoms with E-state index in [4.69, 9.17) is 9.15 Å². The summed E-state index contributed by atoms with van der Waals surface area (Å²) in [5.41, 5.74) is 1.15. The first kappa shape index (κ1) is 13.2. The first-order chi connectivity index (χ1) is 9.13. The first-order valence-electron chi connectivity index (χ1n) is 6.00. The average Bonchev–Trinajstić information content (AvgIpc) is 2.82. The van der Waals surface area contributed by atoms with Crippen LogP contribution >= 0.6 is 31.9 Å². The lowest BCUT2D eigenvalue weighted by Crippen LogP contribution is -2.32. The van der Waals surface area contributed by atoms with E-state index in [1.165, 1.54) is 0 Å². The molecular formula is C14H13Br2NO2. The molecule has 19 heavy (non-hydrogen) atoms. The highest BCUT2D eigenvalue weighted by Crippen LogP contribution is 2.33. The topological polar surface area (TPSA) is 25.6 Å². The molecule has 0 aliphatic carbocycles. The number of ether oxygens (including phenoxy) is 1. The second kappa shape index (κ2) is 5.31. The Hall–Kier alpha value is -0.780. The van der Waals surface area contributed by atoms with E-state index in [-0.39, 0.29) is 6.10 Å². The predicted octanol–water partition coefficient (Wildman–Crippen LogP) is 4.37. The van der Waals surface area contributed by atoms with E-state index in [0.717, 1.165) is 39.1 Å². The zero-order valence-corrected chi connectivity index (χ0v) is 13.6. The van der Waals surface area contributed by atoms with Crippen LogP contribution in [-0.4, -0.2) is 18.5 Å². The molecule has 0 radical (unpaired) electrons. The Balaban J connectivity index is 1.86. The molecule has 0 bridgehead atoms. The minimum Gasteiger partial charge on any atom is -0.484 e. The summed E-state index contributed by atoms with van der Waals surface area (Å²) in [7, 11) is 2.07. The lowest BCUT2D eigenvalue weighted by atomic mass is 10.1. The van der Waals surface area contributed by atoms with E-state index in [1.54, 1.807) is 6.26 Å². The molecule has 1 atom stereocenters. The maximum atomic E-state index is 6.09. The molecule has 0 fully saturated rings. The number of furan rings is 1. The third-order valence-electron chi connectivity index (χ3n) is 3.19. The highest BCUT2D eigenvalue weighted by molar-refractivity contribution is 9.13. The number of halogens is 2. The van der Waals surface area contributed by atoms with Crippen molar-refractivity contribution in [1.29, 1.82) is 0 Å². The smallest absolute Gasteiger partial charge is 0.140 e. The minimum atomic E-state index is 0.0144. The summed E-state index contributed by atoms with van der Waals surface area (Å²) in [4.78, 5) is 2.20. The summed E-state index contributed by atoms with van der Waals surface area (Å²) < 4.78 is 13.6. The molecule has 2 aromatic rings. The third kappa shape index (κ3) is 2.73. The standard InChI is InChI=1S/C14H13Br2NO2/c1-17-7-13-10(4-5-18-13)14(8-17)19-9-2-3-11(15)12(16)6-9/h2-6,14H,7-8H2,1H3. The van der Waals surface area contributed by atoms with Gasteiger partial charge >= 0.3 is 0 Å². The van der Waals surface area contributed by atoms with Gasteiger partial charge in [-0.05, 0) is 63.2 Å². The molecule has 2 heterocycles. The van der Waals surface area contributed by atoms with Crippen LogP contribution in [0.4, 0.5) is 0 Å². The van der Waals surface area contributed by atoms with Gasteiger partial charge in [-0.3, -0.25) is 4.90 Å². The van der Waals surface area contributed by atoms with Crippen LogP contribution in [0.3, 0.4) is 0 Å². The van der Waals surface area contributed by atoms with Crippen molar-refractivity contribution < 1.29 is 9.15 Å². The van der Waals surface area contributed by atoms with Gasteiger partial charge in [-0.2, -0.15) is 0 Å². The molecule has 3 rings (SSSR count). The van der Waals surface area contributed by atoms with Crippen molar-refractivity contribution in [3.05, 3.63) is 50.8 Å². The molecule has 1 aliphatic rings. The summed E-state index contributed by atoms with van der Waals surface area (Å²) in [6, 6.07) is 7.91. The van der Waals surface area contributed by atoms with E-state index >= 15 is 0 Å². The number of hydrogen-bond donors (Lipinski definition) is 0. The van der Waals surface area contributed by atoms with Crippen LogP contribution in [0.25, 0.3) is 0 Å². The maximum absolute atomic E-state index is 6.09. The quantitative estimate of drug-likeness (QED) is 0.766. The van der Waals surface area contributed by atoms with Crippen LogP contribution in [0.5, 0.6) is 5.75 Å². The molecule has 1 aliphatic heterocycles. The highest BCUT2D eigenvalue weighted by Gasteiger charge is 2.27. The van der Waals surface area contributed by atoms with Crippen molar-refractivity contribution in [2.45, 2.75) is 12.6 Å². The van der Waals surface area contributed by atoms with Gasteiger partial charge in [0, 0.05) is 21.1 Å². The summed E-state index contributed by atoms with van der Waals surface area (Å²) in [5.74, 6) is 1.84. The van der Waals surface area contributed by atoms with Gasteiger partial charge in [0.2, 0.25) is 0 Å². The summed E-state index contributed by atoms with van der Waals surface area (Å²) in [6.45, 7) is 1.70. The van der Waals surface area contributed by atoms with Gasteiger partial charge in [-0.1, -0.05) is 0 Å². The SMILES string of the molecule is CN1Cc2occc2C(Oc2ccc(Br)c(Br)c2)C1. The van der Waals surface area contributed by atoms with Crippen LogP contribution in [0.15, 0.2) is 43.9 Å². The van der Waals surface area contributed by atoms with Gasteiger partial charge in [0.05, 0.1) is 12.8 Å². The monoisotopic (exact) mass is 385 g/mol. The number of hydrogen-bond acceptors (Lipinski definition) is 3. The van der Waals surface area contributed by atoms with Gasteiger partial charge in [-0.25, -0.2) is 0 Å². The van der Waals surface area contributed by atoms with Gasteiger partial charge in [0.1, 0.15) is 17.6 Å². The Morgan fingerprint density at radius 2 is 2.11 bits per heavy atom. The van der Waals surface area contributed by atoms with Crippen LogP contribution in [0.1, 0.15) is 17.4 Å². The van der Waals surface area contributed by atoms with Gasteiger partial charge in [0.15, 0.2) is 0 Å². The number of likely N-dealkylation sites (N-methyl/N-ethyl adjacent to an activating group) is 1. The Labute approximate surface area is 128 Å². The first-order valence-corrected chi connectivity index (χ1v) is 7.58. The van der Waals surface area contributed by atoms with Crippen molar-refractivity contribution in [2.75, 3.05) is 13.6 Å². The van der Waals surface area contributed by atoms with Crippen LogP contribution in [-0.2, 0) is 6.54 Å². The second-order valence-electron chi connectivity index (χ2n) is 4.68. The number of rotatable bonds is 2. The Morgan fingerprint density at radius 3 is 2.89 bits per heavy atom. The van der Waals surface area contributed by atoms with Crippen molar-refractivity contribution >= 4 is 31.9 Å². The Morgan fingerprint density at radius 1 is 1.26 bits per heavy atom. The molecular weight excluding hydrogens is 374 g/mol. The number of nitrogens with zero attached hydrogens (tertiary/aromatic N) is 1. The fraction of sp³-hybridized carbons (Fsp3) is 0.286. The predicted molar refractivity (Wildman–Crippen MR) is 80.3 cm³/mol. The molecule has 1 aromatic carbocycles. The molecule has 1 unspecified atom stereocenters. The van der Waals surface area contributed by atoms with Gasteiger partial charge in [0.25, 0.3) is 0 Å². The third-order valence-corrected chi connectivity index (χ3v) is 5.07. The van der Waals surface area contributed by atoms with Crippen LogP contribution in [0.2, 0.25) is 0 Å².